The van der Waals surface area contributed by atoms with Crippen molar-refractivity contribution in [2.45, 2.75) is 19.9 Å². The van der Waals surface area contributed by atoms with Gasteiger partial charge in [-0.25, -0.2) is 0 Å². The van der Waals surface area contributed by atoms with E-state index in [-0.39, 0.29) is 6.04 Å². The molecular formula is C12H14ClNOS. The van der Waals surface area contributed by atoms with Crippen molar-refractivity contribution in [3.05, 3.63) is 45.0 Å². The lowest BCUT2D eigenvalue weighted by molar-refractivity contribution is 0.437. The van der Waals surface area contributed by atoms with E-state index in [9.17, 15) is 0 Å². The monoisotopic (exact) mass is 255 g/mol. The van der Waals surface area contributed by atoms with Crippen LogP contribution in [0.3, 0.4) is 0 Å². The summed E-state index contributed by atoms with van der Waals surface area (Å²) in [4.78, 5) is 1.11. The highest BCUT2D eigenvalue weighted by Crippen LogP contribution is 2.33. The fourth-order valence-electron chi connectivity index (χ4n) is 1.65. The van der Waals surface area contributed by atoms with Gasteiger partial charge in [0.1, 0.15) is 17.6 Å². The van der Waals surface area contributed by atoms with Gasteiger partial charge >= 0.3 is 0 Å². The van der Waals surface area contributed by atoms with E-state index in [1.807, 2.05) is 30.5 Å². The van der Waals surface area contributed by atoms with E-state index in [1.165, 1.54) is 0 Å². The standard InChI is InChI=1S/C12H14ClNOS/c1-3-14-11(10-5-4-8(2)15-10)12-9(13)6-7-16-12/h4-7,11,14H,3H2,1-2H3. The van der Waals surface area contributed by atoms with Crippen LogP contribution < -0.4 is 5.32 Å². The Balaban J connectivity index is 2.34. The lowest BCUT2D eigenvalue weighted by atomic mass is 10.2. The second kappa shape index (κ2) is 5.04. The van der Waals surface area contributed by atoms with Gasteiger partial charge in [0.15, 0.2) is 0 Å². The van der Waals surface area contributed by atoms with Gasteiger partial charge in [-0.1, -0.05) is 18.5 Å². The molecule has 1 unspecified atom stereocenters. The minimum atomic E-state index is 0.0613. The molecule has 0 saturated carbocycles. The Bertz CT molecular complexity index is 463. The lowest BCUT2D eigenvalue weighted by Crippen LogP contribution is -2.20. The summed E-state index contributed by atoms with van der Waals surface area (Å²) in [6.07, 6.45) is 0. The summed E-state index contributed by atoms with van der Waals surface area (Å²) in [5.74, 6) is 1.84. The quantitative estimate of drug-likeness (QED) is 0.893. The van der Waals surface area contributed by atoms with E-state index in [2.05, 4.69) is 12.2 Å². The van der Waals surface area contributed by atoms with E-state index in [0.29, 0.717) is 0 Å². The van der Waals surface area contributed by atoms with Crippen molar-refractivity contribution >= 4 is 22.9 Å². The molecule has 0 aliphatic carbocycles. The molecule has 2 aromatic rings. The third-order valence-electron chi connectivity index (χ3n) is 2.36. The first-order chi connectivity index (χ1) is 7.72. The summed E-state index contributed by atoms with van der Waals surface area (Å²) in [7, 11) is 0. The molecule has 0 aromatic carbocycles. The first kappa shape index (κ1) is 11.7. The Kier molecular flexibility index (Phi) is 3.69. The second-order valence-corrected chi connectivity index (χ2v) is 4.93. The van der Waals surface area contributed by atoms with Gasteiger partial charge in [0.05, 0.1) is 5.02 Å². The maximum absolute atomic E-state index is 6.16. The van der Waals surface area contributed by atoms with Crippen molar-refractivity contribution < 1.29 is 4.42 Å². The molecule has 1 atom stereocenters. The van der Waals surface area contributed by atoms with Crippen LogP contribution in [0.2, 0.25) is 5.02 Å². The molecule has 2 rings (SSSR count). The normalized spacial score (nSPS) is 12.9. The largest absolute Gasteiger partial charge is 0.464 e. The Morgan fingerprint density at radius 1 is 1.44 bits per heavy atom. The van der Waals surface area contributed by atoms with Crippen LogP contribution in [0.25, 0.3) is 0 Å². The van der Waals surface area contributed by atoms with E-state index < -0.39 is 0 Å². The van der Waals surface area contributed by atoms with E-state index in [1.54, 1.807) is 11.3 Å². The lowest BCUT2D eigenvalue weighted by Gasteiger charge is -2.14. The number of rotatable bonds is 4. The third-order valence-corrected chi connectivity index (χ3v) is 3.78. The average Bonchev–Trinajstić information content (AvgIpc) is 2.84. The Labute approximate surface area is 104 Å². The van der Waals surface area contributed by atoms with Crippen molar-refractivity contribution in [1.82, 2.24) is 5.32 Å². The van der Waals surface area contributed by atoms with Crippen LogP contribution in [0.4, 0.5) is 0 Å². The molecule has 0 amide bonds. The minimum Gasteiger partial charge on any atom is -0.464 e. The molecule has 1 N–H and O–H groups in total. The number of nitrogens with one attached hydrogen (secondary N) is 1. The van der Waals surface area contributed by atoms with Crippen LogP contribution in [-0.4, -0.2) is 6.54 Å². The highest BCUT2D eigenvalue weighted by Gasteiger charge is 2.20. The van der Waals surface area contributed by atoms with Gasteiger partial charge in [-0.15, -0.1) is 11.3 Å². The van der Waals surface area contributed by atoms with Crippen molar-refractivity contribution in [3.63, 3.8) is 0 Å². The highest BCUT2D eigenvalue weighted by atomic mass is 35.5. The zero-order valence-electron chi connectivity index (χ0n) is 9.29. The molecule has 0 saturated heterocycles. The number of thiophene rings is 1. The van der Waals surface area contributed by atoms with Gasteiger partial charge in [0, 0.05) is 4.88 Å². The Morgan fingerprint density at radius 2 is 2.25 bits per heavy atom. The first-order valence-electron chi connectivity index (χ1n) is 5.25. The smallest absolute Gasteiger partial charge is 0.126 e. The van der Waals surface area contributed by atoms with Crippen LogP contribution in [-0.2, 0) is 0 Å². The number of hydrogen-bond acceptors (Lipinski definition) is 3. The van der Waals surface area contributed by atoms with Gasteiger partial charge in [0.25, 0.3) is 0 Å². The zero-order valence-corrected chi connectivity index (χ0v) is 10.9. The Hall–Kier alpha value is -0.770. The first-order valence-corrected chi connectivity index (χ1v) is 6.50. The summed E-state index contributed by atoms with van der Waals surface area (Å²) in [6, 6.07) is 5.95. The van der Waals surface area contributed by atoms with Gasteiger partial charge in [-0.3, -0.25) is 0 Å². The van der Waals surface area contributed by atoms with Crippen molar-refractivity contribution in [2.24, 2.45) is 0 Å². The zero-order chi connectivity index (χ0) is 11.5. The van der Waals surface area contributed by atoms with E-state index >= 15 is 0 Å². The molecule has 2 nitrogen and oxygen atoms in total. The molecule has 0 bridgehead atoms. The minimum absolute atomic E-state index is 0.0613. The molecule has 16 heavy (non-hydrogen) atoms. The van der Waals surface area contributed by atoms with E-state index in [0.717, 1.165) is 28.0 Å². The maximum atomic E-state index is 6.16. The number of halogens is 1. The maximum Gasteiger partial charge on any atom is 0.126 e. The summed E-state index contributed by atoms with van der Waals surface area (Å²) in [5, 5.41) is 6.18. The topological polar surface area (TPSA) is 25.2 Å². The summed E-state index contributed by atoms with van der Waals surface area (Å²) in [6.45, 7) is 4.89. The fourth-order valence-corrected chi connectivity index (χ4v) is 2.89. The van der Waals surface area contributed by atoms with Crippen LogP contribution in [0.1, 0.15) is 29.4 Å². The molecule has 0 spiro atoms. The summed E-state index contributed by atoms with van der Waals surface area (Å²) in [5.41, 5.74) is 0. The molecule has 86 valence electrons. The second-order valence-electron chi connectivity index (χ2n) is 3.57. The predicted octanol–water partition coefficient (Wildman–Crippen LogP) is 4.00. The Morgan fingerprint density at radius 3 is 2.75 bits per heavy atom. The van der Waals surface area contributed by atoms with Gasteiger partial charge in [-0.05, 0) is 37.0 Å². The number of furan rings is 1. The van der Waals surface area contributed by atoms with Gasteiger partial charge in [-0.2, -0.15) is 0 Å². The third kappa shape index (κ3) is 2.32. The van der Waals surface area contributed by atoms with Crippen LogP contribution in [0.15, 0.2) is 28.0 Å². The fraction of sp³-hybridized carbons (Fsp3) is 0.333. The SMILES string of the molecule is CCNC(c1ccc(C)o1)c1sccc1Cl. The van der Waals surface area contributed by atoms with Crippen molar-refractivity contribution in [3.8, 4) is 0 Å². The number of hydrogen-bond donors (Lipinski definition) is 1. The van der Waals surface area contributed by atoms with E-state index in [4.69, 9.17) is 16.0 Å². The molecule has 2 aromatic heterocycles. The van der Waals surface area contributed by atoms with Crippen LogP contribution >= 0.6 is 22.9 Å². The highest BCUT2D eigenvalue weighted by molar-refractivity contribution is 7.10. The van der Waals surface area contributed by atoms with Crippen LogP contribution in [0.5, 0.6) is 0 Å². The average molecular weight is 256 g/mol. The van der Waals surface area contributed by atoms with Crippen molar-refractivity contribution in [2.75, 3.05) is 6.54 Å². The van der Waals surface area contributed by atoms with Gasteiger partial charge < -0.3 is 9.73 Å². The predicted molar refractivity (Wildman–Crippen MR) is 68.3 cm³/mol. The van der Waals surface area contributed by atoms with Gasteiger partial charge in [0.2, 0.25) is 0 Å². The summed E-state index contributed by atoms with van der Waals surface area (Å²) >= 11 is 7.80. The molecule has 2 heterocycles. The molecule has 0 fully saturated rings. The van der Waals surface area contributed by atoms with Crippen LogP contribution in [0, 0.1) is 6.92 Å². The number of aryl methyl sites for hydroxylation is 1. The molecule has 4 heteroatoms. The summed E-state index contributed by atoms with van der Waals surface area (Å²) < 4.78 is 5.66. The molecule has 0 aliphatic heterocycles. The molecular weight excluding hydrogens is 242 g/mol. The molecule has 0 radical (unpaired) electrons. The molecule has 0 aliphatic rings. The van der Waals surface area contributed by atoms with Crippen molar-refractivity contribution in [1.29, 1.82) is 0 Å².